The van der Waals surface area contributed by atoms with Crippen molar-refractivity contribution in [2.45, 2.75) is 31.8 Å². The standard InChI is InChI=1S/C17H22FN5O2/c1-11(14-9-12(18)3-4-16(14)25-2)20-17(24)15-10-23(22-21-15)13-5-7-19-8-6-13/h3-4,9-11,13,19H,5-8H2,1-2H3,(H,20,24)/t11-/m1/s1. The Morgan fingerprint density at radius 2 is 2.20 bits per heavy atom. The van der Waals surface area contributed by atoms with Crippen molar-refractivity contribution in [3.63, 3.8) is 0 Å². The molecule has 1 aliphatic rings. The van der Waals surface area contributed by atoms with Crippen molar-refractivity contribution < 1.29 is 13.9 Å². The minimum atomic E-state index is -0.429. The SMILES string of the molecule is COc1ccc(F)cc1[C@@H](C)NC(=O)c1cn(C2CCNCC2)nn1. The van der Waals surface area contributed by atoms with Crippen molar-refractivity contribution in [3.8, 4) is 5.75 Å². The molecule has 0 radical (unpaired) electrons. The Morgan fingerprint density at radius 3 is 2.92 bits per heavy atom. The fourth-order valence-corrected chi connectivity index (χ4v) is 3.02. The molecule has 0 saturated carbocycles. The van der Waals surface area contributed by atoms with E-state index in [4.69, 9.17) is 4.74 Å². The number of nitrogens with one attached hydrogen (secondary N) is 2. The van der Waals surface area contributed by atoms with E-state index in [2.05, 4.69) is 20.9 Å². The van der Waals surface area contributed by atoms with Gasteiger partial charge in [0, 0.05) is 5.56 Å². The lowest BCUT2D eigenvalue weighted by molar-refractivity contribution is 0.0934. The summed E-state index contributed by atoms with van der Waals surface area (Å²) in [5.41, 5.74) is 0.822. The number of carbonyl (C=O) groups excluding carboxylic acids is 1. The van der Waals surface area contributed by atoms with Crippen LogP contribution in [0.4, 0.5) is 4.39 Å². The molecule has 2 heterocycles. The van der Waals surface area contributed by atoms with Crippen LogP contribution in [-0.4, -0.2) is 41.1 Å². The fourth-order valence-electron chi connectivity index (χ4n) is 3.02. The Morgan fingerprint density at radius 1 is 1.44 bits per heavy atom. The van der Waals surface area contributed by atoms with Gasteiger partial charge < -0.3 is 15.4 Å². The van der Waals surface area contributed by atoms with Crippen molar-refractivity contribution in [1.82, 2.24) is 25.6 Å². The Balaban J connectivity index is 1.70. The molecule has 134 valence electrons. The Kier molecular flexibility index (Phi) is 5.28. The van der Waals surface area contributed by atoms with Crippen LogP contribution in [0.15, 0.2) is 24.4 Å². The maximum atomic E-state index is 13.5. The lowest BCUT2D eigenvalue weighted by Gasteiger charge is -2.22. The topological polar surface area (TPSA) is 81.1 Å². The van der Waals surface area contributed by atoms with Crippen LogP contribution < -0.4 is 15.4 Å². The van der Waals surface area contributed by atoms with E-state index in [1.54, 1.807) is 23.9 Å². The van der Waals surface area contributed by atoms with Crippen LogP contribution in [-0.2, 0) is 0 Å². The van der Waals surface area contributed by atoms with Crippen LogP contribution in [0.25, 0.3) is 0 Å². The zero-order valence-electron chi connectivity index (χ0n) is 14.3. The minimum Gasteiger partial charge on any atom is -0.496 e. The molecular formula is C17H22FN5O2. The molecule has 1 aliphatic heterocycles. The predicted molar refractivity (Wildman–Crippen MR) is 90.0 cm³/mol. The zero-order valence-corrected chi connectivity index (χ0v) is 14.3. The number of piperidine rings is 1. The number of benzene rings is 1. The summed E-state index contributed by atoms with van der Waals surface area (Å²) in [6.07, 6.45) is 3.59. The number of hydrogen-bond donors (Lipinski definition) is 2. The van der Waals surface area contributed by atoms with Crippen molar-refractivity contribution in [2.75, 3.05) is 20.2 Å². The van der Waals surface area contributed by atoms with Crippen molar-refractivity contribution in [2.24, 2.45) is 0 Å². The number of methoxy groups -OCH3 is 1. The van der Waals surface area contributed by atoms with Gasteiger partial charge in [0.2, 0.25) is 0 Å². The third-order valence-electron chi connectivity index (χ3n) is 4.43. The number of hydrogen-bond acceptors (Lipinski definition) is 5. The highest BCUT2D eigenvalue weighted by atomic mass is 19.1. The van der Waals surface area contributed by atoms with Crippen molar-refractivity contribution >= 4 is 5.91 Å². The van der Waals surface area contributed by atoms with E-state index in [1.807, 2.05) is 0 Å². The Bertz CT molecular complexity index is 742. The molecule has 0 spiro atoms. The molecule has 2 aromatic rings. The van der Waals surface area contributed by atoms with Gasteiger partial charge in [-0.05, 0) is 51.1 Å². The number of carbonyl (C=O) groups is 1. The normalized spacial score (nSPS) is 16.4. The molecule has 0 unspecified atom stereocenters. The summed E-state index contributed by atoms with van der Waals surface area (Å²) in [4.78, 5) is 12.4. The Hall–Kier alpha value is -2.48. The minimum absolute atomic E-state index is 0.251. The highest BCUT2D eigenvalue weighted by Crippen LogP contribution is 2.26. The third kappa shape index (κ3) is 3.96. The van der Waals surface area contributed by atoms with Crippen molar-refractivity contribution in [1.29, 1.82) is 0 Å². The van der Waals surface area contributed by atoms with Gasteiger partial charge in [-0.25, -0.2) is 9.07 Å². The first-order chi connectivity index (χ1) is 12.1. The molecule has 1 atom stereocenters. The summed E-state index contributed by atoms with van der Waals surface area (Å²) >= 11 is 0. The summed E-state index contributed by atoms with van der Waals surface area (Å²) in [5.74, 6) is -0.208. The monoisotopic (exact) mass is 347 g/mol. The van der Waals surface area contributed by atoms with Crippen LogP contribution >= 0.6 is 0 Å². The highest BCUT2D eigenvalue weighted by Gasteiger charge is 2.21. The molecule has 1 aromatic carbocycles. The van der Waals surface area contributed by atoms with E-state index in [9.17, 15) is 9.18 Å². The molecule has 1 amide bonds. The molecule has 8 heteroatoms. The van der Waals surface area contributed by atoms with Crippen LogP contribution in [0.2, 0.25) is 0 Å². The average molecular weight is 347 g/mol. The average Bonchev–Trinajstić information content (AvgIpc) is 3.12. The number of amides is 1. The molecule has 7 nitrogen and oxygen atoms in total. The van der Waals surface area contributed by atoms with Crippen LogP contribution in [0.3, 0.4) is 0 Å². The molecule has 1 aromatic heterocycles. The molecule has 0 aliphatic carbocycles. The van der Waals surface area contributed by atoms with Gasteiger partial charge in [0.25, 0.3) is 5.91 Å². The second-order valence-corrected chi connectivity index (χ2v) is 6.15. The maximum absolute atomic E-state index is 13.5. The third-order valence-corrected chi connectivity index (χ3v) is 4.43. The van der Waals surface area contributed by atoms with Gasteiger partial charge in [-0.3, -0.25) is 4.79 Å². The molecule has 1 saturated heterocycles. The maximum Gasteiger partial charge on any atom is 0.273 e. The van der Waals surface area contributed by atoms with E-state index >= 15 is 0 Å². The predicted octanol–water partition coefficient (Wildman–Crippen LogP) is 1.84. The first-order valence-corrected chi connectivity index (χ1v) is 8.35. The largest absolute Gasteiger partial charge is 0.496 e. The van der Waals surface area contributed by atoms with Gasteiger partial charge in [-0.1, -0.05) is 5.21 Å². The molecule has 1 fully saturated rings. The van der Waals surface area contributed by atoms with Crippen LogP contribution in [0.1, 0.15) is 47.9 Å². The molecule has 0 bridgehead atoms. The molecular weight excluding hydrogens is 325 g/mol. The number of halogens is 1. The summed E-state index contributed by atoms with van der Waals surface area (Å²) in [5, 5.41) is 14.2. The van der Waals surface area contributed by atoms with E-state index in [0.29, 0.717) is 11.3 Å². The van der Waals surface area contributed by atoms with Gasteiger partial charge in [0.15, 0.2) is 5.69 Å². The van der Waals surface area contributed by atoms with Gasteiger partial charge in [0.1, 0.15) is 11.6 Å². The smallest absolute Gasteiger partial charge is 0.273 e. The van der Waals surface area contributed by atoms with Crippen molar-refractivity contribution in [3.05, 3.63) is 41.5 Å². The summed E-state index contributed by atoms with van der Waals surface area (Å²) in [6.45, 7) is 3.64. The highest BCUT2D eigenvalue weighted by molar-refractivity contribution is 5.92. The van der Waals surface area contributed by atoms with Gasteiger partial charge in [-0.2, -0.15) is 0 Å². The number of nitrogens with zero attached hydrogens (tertiary/aromatic N) is 3. The summed E-state index contributed by atoms with van der Waals surface area (Å²) in [6, 6.07) is 4.05. The second kappa shape index (κ2) is 7.60. The number of aromatic nitrogens is 3. The van der Waals surface area contributed by atoms with E-state index in [0.717, 1.165) is 25.9 Å². The molecule has 25 heavy (non-hydrogen) atoms. The van der Waals surface area contributed by atoms with E-state index in [1.165, 1.54) is 19.2 Å². The second-order valence-electron chi connectivity index (χ2n) is 6.15. The lowest BCUT2D eigenvalue weighted by atomic mass is 10.1. The quantitative estimate of drug-likeness (QED) is 0.863. The van der Waals surface area contributed by atoms with Gasteiger partial charge >= 0.3 is 0 Å². The molecule has 2 N–H and O–H groups in total. The van der Waals surface area contributed by atoms with Crippen LogP contribution in [0.5, 0.6) is 5.75 Å². The number of rotatable bonds is 5. The first-order valence-electron chi connectivity index (χ1n) is 8.35. The van der Waals surface area contributed by atoms with E-state index in [-0.39, 0.29) is 23.5 Å². The first kappa shape index (κ1) is 17.3. The van der Waals surface area contributed by atoms with Crippen LogP contribution in [0, 0.1) is 5.82 Å². The lowest BCUT2D eigenvalue weighted by Crippen LogP contribution is -2.29. The Labute approximate surface area is 145 Å². The number of ether oxygens (including phenoxy) is 1. The van der Waals surface area contributed by atoms with Gasteiger partial charge in [-0.15, -0.1) is 5.10 Å². The van der Waals surface area contributed by atoms with Gasteiger partial charge in [0.05, 0.1) is 25.4 Å². The zero-order chi connectivity index (χ0) is 17.8. The summed E-state index contributed by atoms with van der Waals surface area (Å²) < 4.78 is 20.5. The molecule has 3 rings (SSSR count). The fraction of sp³-hybridized carbons (Fsp3) is 0.471. The van der Waals surface area contributed by atoms with E-state index < -0.39 is 6.04 Å². The summed E-state index contributed by atoms with van der Waals surface area (Å²) in [7, 11) is 1.51.